The van der Waals surface area contributed by atoms with Crippen molar-refractivity contribution in [3.63, 3.8) is 0 Å². The molecule has 0 heterocycles. The number of Topliss-reactive ketones (excluding diaryl/α,β-unsaturated/α-hetero) is 1. The van der Waals surface area contributed by atoms with Crippen LogP contribution in [0.3, 0.4) is 0 Å². The van der Waals surface area contributed by atoms with Crippen molar-refractivity contribution < 1.29 is 24.3 Å². The van der Waals surface area contributed by atoms with Gasteiger partial charge in [0.2, 0.25) is 0 Å². The second-order valence-electron chi connectivity index (χ2n) is 5.44. The summed E-state index contributed by atoms with van der Waals surface area (Å²) in [6.07, 6.45) is 18.3. The van der Waals surface area contributed by atoms with Gasteiger partial charge in [-0.1, -0.05) is 84.0 Å². The smallest absolute Gasteiger partial charge is 0.343 e. The first kappa shape index (κ1) is 25.1. The zero-order chi connectivity index (χ0) is 14.8. The second kappa shape index (κ2) is 24.2. The van der Waals surface area contributed by atoms with E-state index in [1.54, 1.807) is 0 Å². The molecule has 0 aromatic heterocycles. The molecule has 0 fully saturated rings. The summed E-state index contributed by atoms with van der Waals surface area (Å²) < 4.78 is 0. The summed E-state index contributed by atoms with van der Waals surface area (Å²) in [4.78, 5) is 9.33. The number of ketones is 1. The van der Waals surface area contributed by atoms with E-state index in [4.69, 9.17) is 0 Å². The zero-order valence-electron chi connectivity index (χ0n) is 14.2. The van der Waals surface area contributed by atoms with Crippen LogP contribution in [0.5, 0.6) is 0 Å². The van der Waals surface area contributed by atoms with E-state index in [-0.39, 0.29) is 25.3 Å². The van der Waals surface area contributed by atoms with E-state index in [1.807, 2.05) is 0 Å². The minimum atomic E-state index is -0.0833. The first-order chi connectivity index (χ1) is 9.15. The van der Waals surface area contributed by atoms with Gasteiger partial charge < -0.3 is 18.6 Å². The molecule has 0 spiro atoms. The van der Waals surface area contributed by atoms with Gasteiger partial charge in [-0.15, -0.1) is 0 Å². The molecule has 0 aliphatic heterocycles. The Hall–Kier alpha value is 0.163. The average Bonchev–Trinajstić information content (AvgIpc) is 2.35. The molecule has 0 aliphatic rings. The fourth-order valence-electron chi connectivity index (χ4n) is 2.02. The van der Waals surface area contributed by atoms with Crippen LogP contribution in [-0.4, -0.2) is 5.78 Å². The van der Waals surface area contributed by atoms with Crippen LogP contribution >= 0.6 is 0 Å². The van der Waals surface area contributed by atoms with E-state index in [0.717, 1.165) is 6.42 Å². The molecule has 0 bridgehead atoms. The molecule has 0 amide bonds. The summed E-state index contributed by atoms with van der Waals surface area (Å²) in [7, 11) is 0. The van der Waals surface area contributed by atoms with Gasteiger partial charge in [-0.2, -0.15) is 6.42 Å². The summed E-state index contributed by atoms with van der Waals surface area (Å²) in [5.74, 6) is -0.0833. The topological polar surface area (TPSA) is 17.1 Å². The zero-order valence-corrected chi connectivity index (χ0v) is 17.2. The number of rotatable bonds is 12. The van der Waals surface area contributed by atoms with Crippen LogP contribution in [0.1, 0.15) is 97.3 Å². The fraction of sp³-hybridized carbons (Fsp3) is 0.833. The molecule has 0 atom stereocenters. The number of hydrogen-bond donors (Lipinski definition) is 0. The quantitative estimate of drug-likeness (QED) is 0.232. The molecule has 1 nitrogen and oxygen atoms in total. The molecule has 0 aromatic carbocycles. The molecule has 0 aromatic rings. The van der Waals surface area contributed by atoms with Crippen molar-refractivity contribution in [1.82, 2.24) is 0 Å². The molecular formula is C18H36OZn. The summed E-state index contributed by atoms with van der Waals surface area (Å²) in [5, 5.41) is 0. The van der Waals surface area contributed by atoms with Gasteiger partial charge >= 0.3 is 19.5 Å². The minimum Gasteiger partial charge on any atom is -0.343 e. The summed E-state index contributed by atoms with van der Waals surface area (Å²) in [5.41, 5.74) is 0. The normalized spacial score (nSPS) is 9.35. The van der Waals surface area contributed by atoms with Crippen LogP contribution in [-0.2, 0) is 24.3 Å². The van der Waals surface area contributed by atoms with Crippen molar-refractivity contribution in [3.8, 4) is 0 Å². The third kappa shape index (κ3) is 36.2. The van der Waals surface area contributed by atoms with Crippen molar-refractivity contribution in [2.45, 2.75) is 97.3 Å². The Morgan fingerprint density at radius 2 is 1.00 bits per heavy atom. The summed E-state index contributed by atoms with van der Waals surface area (Å²) >= 11 is 0. The van der Waals surface area contributed by atoms with Crippen LogP contribution < -0.4 is 0 Å². The van der Waals surface area contributed by atoms with E-state index in [0.29, 0.717) is 0 Å². The van der Waals surface area contributed by atoms with Gasteiger partial charge in [0.25, 0.3) is 0 Å². The van der Waals surface area contributed by atoms with E-state index in [1.165, 1.54) is 84.0 Å². The Balaban J connectivity index is -0.000000508. The third-order valence-electron chi connectivity index (χ3n) is 3.10. The fourth-order valence-corrected chi connectivity index (χ4v) is 2.02. The predicted octanol–water partition coefficient (Wildman–Crippen LogP) is 6.32. The van der Waals surface area contributed by atoms with Crippen molar-refractivity contribution in [2.75, 3.05) is 0 Å². The number of hydrogen-bond acceptors (Lipinski definition) is 1. The minimum absolute atomic E-state index is 0. The van der Waals surface area contributed by atoms with Crippen molar-refractivity contribution in [1.29, 1.82) is 0 Å². The van der Waals surface area contributed by atoms with Crippen LogP contribution in [0.2, 0.25) is 0 Å². The van der Waals surface area contributed by atoms with Gasteiger partial charge in [0, 0.05) is 0 Å². The molecule has 0 saturated carbocycles. The Kier molecular flexibility index (Phi) is 30.4. The maximum atomic E-state index is 9.33. The summed E-state index contributed by atoms with van der Waals surface area (Å²) in [6.45, 7) is 10.6. The molecule has 116 valence electrons. The first-order valence-electron chi connectivity index (χ1n) is 8.26. The molecule has 0 radical (unpaired) electrons. The van der Waals surface area contributed by atoms with E-state index >= 15 is 0 Å². The number of unbranched alkanes of at least 4 members (excludes halogenated alkanes) is 12. The SMILES string of the molecule is [CH2-]C(C)=O.[CH2-]CCCCCCCCCCCCCC.[Zn+2]. The van der Waals surface area contributed by atoms with Crippen LogP contribution in [0, 0.1) is 13.8 Å². The molecule has 0 N–H and O–H groups in total. The van der Waals surface area contributed by atoms with Crippen LogP contribution in [0.15, 0.2) is 0 Å². The van der Waals surface area contributed by atoms with Gasteiger partial charge in [-0.25, -0.2) is 0 Å². The standard InChI is InChI=1S/C15H31.C3H5O.Zn/c1-3-5-7-9-11-13-15-14-12-10-8-6-4-2;1-3(2)4;/h1,3-15H2,2H3;1H2,2H3;/q2*-1;+2. The summed E-state index contributed by atoms with van der Waals surface area (Å²) in [6, 6.07) is 0. The Labute approximate surface area is 141 Å². The molecule has 2 heteroatoms. The van der Waals surface area contributed by atoms with Crippen LogP contribution in [0.25, 0.3) is 0 Å². The van der Waals surface area contributed by atoms with Gasteiger partial charge in [0.05, 0.1) is 0 Å². The van der Waals surface area contributed by atoms with E-state index < -0.39 is 0 Å². The Bertz CT molecular complexity index is 153. The molecule has 0 rings (SSSR count). The predicted molar refractivity (Wildman–Crippen MR) is 87.1 cm³/mol. The van der Waals surface area contributed by atoms with Crippen LogP contribution in [0.4, 0.5) is 0 Å². The van der Waals surface area contributed by atoms with Crippen molar-refractivity contribution in [2.24, 2.45) is 0 Å². The van der Waals surface area contributed by atoms with Gasteiger partial charge in [0.15, 0.2) is 0 Å². The molecule has 20 heavy (non-hydrogen) atoms. The van der Waals surface area contributed by atoms with Gasteiger partial charge in [0.1, 0.15) is 0 Å². The Morgan fingerprint density at radius 1 is 0.750 bits per heavy atom. The monoisotopic (exact) mass is 332 g/mol. The van der Waals surface area contributed by atoms with E-state index in [9.17, 15) is 4.79 Å². The van der Waals surface area contributed by atoms with Gasteiger partial charge in [-0.3, -0.25) is 0 Å². The maximum Gasteiger partial charge on any atom is 2.00 e. The molecule has 0 saturated heterocycles. The molecule has 0 aliphatic carbocycles. The van der Waals surface area contributed by atoms with E-state index in [2.05, 4.69) is 20.8 Å². The Morgan fingerprint density at radius 3 is 1.25 bits per heavy atom. The molecule has 0 unspecified atom stereocenters. The average molecular weight is 334 g/mol. The van der Waals surface area contributed by atoms with Crippen molar-refractivity contribution in [3.05, 3.63) is 13.8 Å². The van der Waals surface area contributed by atoms with Crippen molar-refractivity contribution >= 4 is 5.78 Å². The van der Waals surface area contributed by atoms with Gasteiger partial charge in [-0.05, 0) is 12.7 Å². The third-order valence-corrected chi connectivity index (χ3v) is 3.10. The number of carbonyl (C=O) groups excluding carboxylic acids is 1. The largest absolute Gasteiger partial charge is 2.00 e. The maximum absolute atomic E-state index is 9.33. The first-order valence-corrected chi connectivity index (χ1v) is 8.26. The molecular weight excluding hydrogens is 298 g/mol. The second-order valence-corrected chi connectivity index (χ2v) is 5.44. The number of carbonyl (C=O) groups is 1.